The van der Waals surface area contributed by atoms with Crippen molar-refractivity contribution in [3.8, 4) is 10.4 Å². The predicted molar refractivity (Wildman–Crippen MR) is 97.8 cm³/mol. The smallest absolute Gasteiger partial charge is 0.251 e. The number of aryl methyl sites for hydroxylation is 1. The average Bonchev–Trinajstić information content (AvgIpc) is 3.04. The number of aromatic nitrogens is 2. The molecule has 2 heterocycles. The van der Waals surface area contributed by atoms with Gasteiger partial charge in [-0.3, -0.25) is 4.79 Å². The van der Waals surface area contributed by atoms with Gasteiger partial charge < -0.3 is 16.0 Å². The lowest BCUT2D eigenvalue weighted by Crippen LogP contribution is -2.20. The Labute approximate surface area is 144 Å². The van der Waals surface area contributed by atoms with Gasteiger partial charge in [-0.25, -0.2) is 4.98 Å². The number of rotatable bonds is 6. The molecule has 6 heteroatoms. The van der Waals surface area contributed by atoms with E-state index in [1.165, 1.54) is 26.9 Å². The fraction of sp³-hybridized carbons (Fsp3) is 0.222. The number of hydrogen-bond donors (Lipinski definition) is 3. The molecule has 3 aromatic rings. The maximum Gasteiger partial charge on any atom is 0.251 e. The highest BCUT2D eigenvalue weighted by Crippen LogP contribution is 2.28. The maximum atomic E-state index is 11.5. The van der Waals surface area contributed by atoms with Crippen LogP contribution in [-0.2, 0) is 19.6 Å². The molecule has 0 bridgehead atoms. The van der Waals surface area contributed by atoms with Crippen LogP contribution in [0.3, 0.4) is 0 Å². The summed E-state index contributed by atoms with van der Waals surface area (Å²) in [5, 5.41) is 3.31. The lowest BCUT2D eigenvalue weighted by atomic mass is 10.1. The van der Waals surface area contributed by atoms with E-state index >= 15 is 0 Å². The molecule has 0 aliphatic carbocycles. The largest absolute Gasteiger partial charge is 0.325 e. The predicted octanol–water partition coefficient (Wildman–Crippen LogP) is 2.56. The SMILES string of the molecule is Cc1ccc(-c2ccc(CNCc3nc(CN)cc(=O)[nH]3)s2)cc1. The molecule has 5 nitrogen and oxygen atoms in total. The highest BCUT2D eigenvalue weighted by atomic mass is 32.1. The third-order valence-corrected chi connectivity index (χ3v) is 4.78. The Hall–Kier alpha value is -2.28. The minimum absolute atomic E-state index is 0.167. The maximum absolute atomic E-state index is 11.5. The van der Waals surface area contributed by atoms with Crippen LogP contribution in [0.2, 0.25) is 0 Å². The second-order valence-electron chi connectivity index (χ2n) is 5.62. The molecule has 24 heavy (non-hydrogen) atoms. The highest BCUT2D eigenvalue weighted by molar-refractivity contribution is 7.15. The van der Waals surface area contributed by atoms with Crippen molar-refractivity contribution in [2.24, 2.45) is 5.73 Å². The quantitative estimate of drug-likeness (QED) is 0.644. The van der Waals surface area contributed by atoms with Gasteiger partial charge in [-0.2, -0.15) is 0 Å². The first-order chi connectivity index (χ1) is 11.6. The van der Waals surface area contributed by atoms with Gasteiger partial charge in [0.05, 0.1) is 12.2 Å². The van der Waals surface area contributed by atoms with Crippen molar-refractivity contribution in [1.82, 2.24) is 15.3 Å². The Morgan fingerprint density at radius 3 is 2.71 bits per heavy atom. The zero-order chi connectivity index (χ0) is 16.9. The molecule has 0 atom stereocenters. The van der Waals surface area contributed by atoms with Gasteiger partial charge in [0, 0.05) is 28.9 Å². The van der Waals surface area contributed by atoms with Crippen molar-refractivity contribution >= 4 is 11.3 Å². The van der Waals surface area contributed by atoms with Crippen LogP contribution in [0.1, 0.15) is 22.0 Å². The molecule has 2 aromatic heterocycles. The van der Waals surface area contributed by atoms with Gasteiger partial charge in [0.2, 0.25) is 0 Å². The van der Waals surface area contributed by atoms with E-state index in [2.05, 4.69) is 58.6 Å². The molecule has 0 amide bonds. The molecule has 0 spiro atoms. The van der Waals surface area contributed by atoms with Gasteiger partial charge in [-0.15, -0.1) is 11.3 Å². The molecule has 0 aliphatic heterocycles. The minimum atomic E-state index is -0.167. The van der Waals surface area contributed by atoms with Crippen LogP contribution in [0.4, 0.5) is 0 Å². The van der Waals surface area contributed by atoms with Crippen molar-refractivity contribution in [2.45, 2.75) is 26.6 Å². The standard InChI is InChI=1S/C18H20N4OS/c1-12-2-4-13(5-3-12)16-7-6-15(24-16)10-20-11-17-21-14(9-19)8-18(23)22-17/h2-8,20H,9-11,19H2,1H3,(H,21,22,23). The number of aromatic amines is 1. The summed E-state index contributed by atoms with van der Waals surface area (Å²) in [6.45, 7) is 3.58. The van der Waals surface area contributed by atoms with Gasteiger partial charge in [-0.05, 0) is 24.6 Å². The summed E-state index contributed by atoms with van der Waals surface area (Å²) < 4.78 is 0. The van der Waals surface area contributed by atoms with Crippen molar-refractivity contribution in [2.75, 3.05) is 0 Å². The number of benzene rings is 1. The molecular formula is C18H20N4OS. The van der Waals surface area contributed by atoms with E-state index in [1.54, 1.807) is 11.3 Å². The molecule has 0 aliphatic rings. The fourth-order valence-corrected chi connectivity index (χ4v) is 3.38. The van der Waals surface area contributed by atoms with E-state index in [9.17, 15) is 4.79 Å². The summed E-state index contributed by atoms with van der Waals surface area (Å²) in [6, 6.07) is 14.2. The molecule has 0 fully saturated rings. The zero-order valence-electron chi connectivity index (χ0n) is 13.5. The second-order valence-corrected chi connectivity index (χ2v) is 6.79. The first kappa shape index (κ1) is 16.6. The topological polar surface area (TPSA) is 83.8 Å². The summed E-state index contributed by atoms with van der Waals surface area (Å²) in [6.07, 6.45) is 0. The van der Waals surface area contributed by atoms with E-state index in [0.29, 0.717) is 18.1 Å². The van der Waals surface area contributed by atoms with Crippen LogP contribution in [-0.4, -0.2) is 9.97 Å². The molecule has 1 aromatic carbocycles. The molecule has 0 unspecified atom stereocenters. The average molecular weight is 340 g/mol. The van der Waals surface area contributed by atoms with Crippen LogP contribution in [0.15, 0.2) is 47.3 Å². The minimum Gasteiger partial charge on any atom is -0.325 e. The Morgan fingerprint density at radius 2 is 1.96 bits per heavy atom. The van der Waals surface area contributed by atoms with E-state index < -0.39 is 0 Å². The summed E-state index contributed by atoms with van der Waals surface area (Å²) in [7, 11) is 0. The molecule has 4 N–H and O–H groups in total. The van der Waals surface area contributed by atoms with Crippen molar-refractivity contribution in [3.05, 3.63) is 74.8 Å². The number of nitrogens with one attached hydrogen (secondary N) is 2. The first-order valence-corrected chi connectivity index (χ1v) is 8.61. The lowest BCUT2D eigenvalue weighted by Gasteiger charge is -2.04. The third kappa shape index (κ3) is 4.17. The van der Waals surface area contributed by atoms with Crippen LogP contribution in [0.25, 0.3) is 10.4 Å². The molecule has 0 radical (unpaired) electrons. The van der Waals surface area contributed by atoms with E-state index in [1.807, 2.05) is 0 Å². The number of nitrogens with zero attached hydrogens (tertiary/aromatic N) is 1. The Morgan fingerprint density at radius 1 is 1.17 bits per heavy atom. The summed E-state index contributed by atoms with van der Waals surface area (Å²) in [5.41, 5.74) is 8.48. The molecule has 124 valence electrons. The van der Waals surface area contributed by atoms with E-state index in [4.69, 9.17) is 5.73 Å². The van der Waals surface area contributed by atoms with Crippen LogP contribution in [0.5, 0.6) is 0 Å². The van der Waals surface area contributed by atoms with Crippen molar-refractivity contribution in [3.63, 3.8) is 0 Å². The number of hydrogen-bond acceptors (Lipinski definition) is 5. The number of nitrogens with two attached hydrogens (primary N) is 1. The summed E-state index contributed by atoms with van der Waals surface area (Å²) in [4.78, 5) is 21.0. The van der Waals surface area contributed by atoms with Crippen LogP contribution < -0.4 is 16.6 Å². The summed E-state index contributed by atoms with van der Waals surface area (Å²) >= 11 is 1.76. The fourth-order valence-electron chi connectivity index (χ4n) is 2.40. The normalized spacial score (nSPS) is 10.9. The van der Waals surface area contributed by atoms with Gasteiger partial charge in [0.1, 0.15) is 5.82 Å². The van der Waals surface area contributed by atoms with Crippen molar-refractivity contribution in [1.29, 1.82) is 0 Å². The van der Waals surface area contributed by atoms with E-state index in [0.717, 1.165) is 6.54 Å². The monoisotopic (exact) mass is 340 g/mol. The molecular weight excluding hydrogens is 320 g/mol. The number of thiophene rings is 1. The third-order valence-electron chi connectivity index (χ3n) is 3.64. The Bertz CT molecular complexity index is 867. The lowest BCUT2D eigenvalue weighted by molar-refractivity contribution is 0.660. The molecule has 3 rings (SSSR count). The highest BCUT2D eigenvalue weighted by Gasteiger charge is 2.04. The van der Waals surface area contributed by atoms with Crippen LogP contribution in [0, 0.1) is 6.92 Å². The molecule has 0 saturated heterocycles. The van der Waals surface area contributed by atoms with Crippen molar-refractivity contribution < 1.29 is 0 Å². The van der Waals surface area contributed by atoms with Gasteiger partial charge in [-0.1, -0.05) is 29.8 Å². The Balaban J connectivity index is 1.61. The van der Waals surface area contributed by atoms with Gasteiger partial charge in [0.15, 0.2) is 0 Å². The Kier molecular flexibility index (Phi) is 5.20. The second kappa shape index (κ2) is 7.53. The first-order valence-electron chi connectivity index (χ1n) is 7.80. The van der Waals surface area contributed by atoms with Gasteiger partial charge in [0.25, 0.3) is 5.56 Å². The van der Waals surface area contributed by atoms with E-state index in [-0.39, 0.29) is 12.1 Å². The number of H-pyrrole nitrogens is 1. The van der Waals surface area contributed by atoms with Crippen LogP contribution >= 0.6 is 11.3 Å². The summed E-state index contributed by atoms with van der Waals surface area (Å²) in [5.74, 6) is 0.610. The molecule has 0 saturated carbocycles. The zero-order valence-corrected chi connectivity index (χ0v) is 14.3. The van der Waals surface area contributed by atoms with Gasteiger partial charge >= 0.3 is 0 Å².